The van der Waals surface area contributed by atoms with Gasteiger partial charge in [-0.05, 0) is 148 Å². The third-order valence-electron chi connectivity index (χ3n) is 14.6. The molecule has 4 fully saturated rings. The Bertz CT molecular complexity index is 1680. The highest BCUT2D eigenvalue weighted by atomic mass is 28.4. The van der Waals surface area contributed by atoms with Crippen molar-refractivity contribution in [3.8, 4) is 0 Å². The first-order chi connectivity index (χ1) is 27.8. The van der Waals surface area contributed by atoms with E-state index in [-0.39, 0.29) is 52.1 Å². The van der Waals surface area contributed by atoms with E-state index in [1.165, 1.54) is 29.6 Å². The summed E-state index contributed by atoms with van der Waals surface area (Å²) in [7, 11) is -2.43. The number of methoxy groups -OCH3 is 1. The number of nitrogens with one attached hydrogen (secondary N) is 1. The molecule has 0 spiro atoms. The van der Waals surface area contributed by atoms with Crippen LogP contribution in [-0.4, -0.2) is 60.5 Å². The largest absolute Gasteiger partial charge is 0.441 e. The van der Waals surface area contributed by atoms with Gasteiger partial charge in [-0.15, -0.1) is 0 Å². The van der Waals surface area contributed by atoms with Crippen LogP contribution in [0.5, 0.6) is 0 Å². The summed E-state index contributed by atoms with van der Waals surface area (Å²) < 4.78 is 31.7. The Hall–Kier alpha value is -2.28. The van der Waals surface area contributed by atoms with Crippen molar-refractivity contribution in [2.24, 2.45) is 17.3 Å². The molecule has 5 atom stereocenters. The Balaban J connectivity index is 0.00000187. The van der Waals surface area contributed by atoms with Gasteiger partial charge in [0.1, 0.15) is 12.9 Å². The summed E-state index contributed by atoms with van der Waals surface area (Å²) in [6.45, 7) is 37.2. The number of rotatable bonds is 14. The molecule has 1 amide bonds. The second-order valence-corrected chi connectivity index (χ2v) is 31.8. The van der Waals surface area contributed by atoms with Crippen LogP contribution in [0.4, 0.5) is 10.5 Å². The Labute approximate surface area is 368 Å². The fourth-order valence-electron chi connectivity index (χ4n) is 8.36. The first-order valence-electron chi connectivity index (χ1n) is 23.1. The van der Waals surface area contributed by atoms with Gasteiger partial charge in [-0.3, -0.25) is 5.32 Å². The number of carbonyl (C=O) groups is 1. The summed E-state index contributed by atoms with van der Waals surface area (Å²) in [6.07, 6.45) is 17.8. The quantitative estimate of drug-likeness (QED) is 0.0869. The predicted molar refractivity (Wildman–Crippen MR) is 256 cm³/mol. The molecule has 4 aliphatic rings. The zero-order valence-electron chi connectivity index (χ0n) is 40.6. The molecule has 60 heavy (non-hydrogen) atoms. The number of hydrogen-bond acceptors (Lipinski definition) is 6. The minimum Gasteiger partial charge on any atom is -0.441 e. The summed E-state index contributed by atoms with van der Waals surface area (Å²) in [5.74, 6) is 1.35. The van der Waals surface area contributed by atoms with Gasteiger partial charge in [-0.25, -0.2) is 4.79 Å². The molecular formula is C51H85NO6Si2. The second-order valence-electron chi connectivity index (χ2n) is 22.3. The molecular weight excluding hydrogens is 779 g/mol. The van der Waals surface area contributed by atoms with E-state index >= 15 is 0 Å². The van der Waals surface area contributed by atoms with E-state index in [0.717, 1.165) is 75.0 Å². The molecule has 1 aromatic carbocycles. The van der Waals surface area contributed by atoms with Gasteiger partial charge in [0.2, 0.25) is 0 Å². The van der Waals surface area contributed by atoms with Gasteiger partial charge in [-0.1, -0.05) is 117 Å². The number of para-hydroxylation sites is 1. The van der Waals surface area contributed by atoms with Crippen LogP contribution in [0, 0.1) is 17.3 Å². The summed E-state index contributed by atoms with van der Waals surface area (Å²) >= 11 is 0. The van der Waals surface area contributed by atoms with Gasteiger partial charge in [-0.2, -0.15) is 0 Å². The molecule has 5 rings (SSSR count). The fourth-order valence-corrected chi connectivity index (χ4v) is 11.0. The average Bonchev–Trinajstić information content (AvgIpc) is 3.87. The van der Waals surface area contributed by atoms with Gasteiger partial charge >= 0.3 is 6.09 Å². The van der Waals surface area contributed by atoms with Crippen LogP contribution in [0.25, 0.3) is 0 Å². The molecule has 7 nitrogen and oxygen atoms in total. The number of carbonyl (C=O) groups excluding carboxylic acids is 1. The third-order valence-corrected chi connectivity index (χ3v) is 23.6. The molecule has 1 N–H and O–H groups in total. The lowest BCUT2D eigenvalue weighted by atomic mass is 9.65. The van der Waals surface area contributed by atoms with Crippen molar-refractivity contribution in [2.45, 2.75) is 200 Å². The number of anilines is 1. The normalized spacial score (nSPS) is 27.4. The van der Waals surface area contributed by atoms with Gasteiger partial charge in [0, 0.05) is 19.2 Å². The predicted octanol–water partition coefficient (Wildman–Crippen LogP) is 14.7. The smallest absolute Gasteiger partial charge is 0.412 e. The molecule has 0 radical (unpaired) electrons. The Morgan fingerprint density at radius 2 is 1.53 bits per heavy atom. The molecule has 0 saturated heterocycles. The number of benzene rings is 1. The average molecular weight is 864 g/mol. The van der Waals surface area contributed by atoms with Crippen molar-refractivity contribution in [3.05, 3.63) is 77.4 Å². The maximum absolute atomic E-state index is 13.4. The van der Waals surface area contributed by atoms with Crippen molar-refractivity contribution >= 4 is 28.4 Å². The number of allylic oxidation sites excluding steroid dienone is 4. The van der Waals surface area contributed by atoms with Crippen LogP contribution in [0.3, 0.4) is 0 Å². The lowest BCUT2D eigenvalue weighted by molar-refractivity contribution is -0.117. The zero-order chi connectivity index (χ0) is 44.7. The minimum atomic E-state index is -2.07. The topological polar surface area (TPSA) is 75.3 Å². The van der Waals surface area contributed by atoms with E-state index in [2.05, 4.69) is 119 Å². The molecule has 0 aliphatic heterocycles. The first-order valence-corrected chi connectivity index (χ1v) is 28.9. The molecule has 4 saturated carbocycles. The van der Waals surface area contributed by atoms with Crippen LogP contribution in [0.2, 0.25) is 36.3 Å². The van der Waals surface area contributed by atoms with E-state index in [0.29, 0.717) is 0 Å². The van der Waals surface area contributed by atoms with Crippen molar-refractivity contribution in [1.29, 1.82) is 0 Å². The molecule has 0 heterocycles. The van der Waals surface area contributed by atoms with Gasteiger partial charge in [0.05, 0.1) is 17.8 Å². The summed E-state index contributed by atoms with van der Waals surface area (Å²) in [4.78, 5) is 13.4. The standard InChI is InChI=1S/C47H77NO6Si2.C4H8/c1-34-36(30-38(53-55(12,13)44(2,3)4)31-41(34)54-56(14,15)45(5,6)7)27-26-35-22-21-29-47(10)39(25-19-20-28-46(8,9)51-33-50-11)42(32-40(35)47)52-43(49)48-37-23-17-16-18-24-37;1-4-2-3-4/h16-18,23-27,38,40-42H,1,19-22,28-33H2,2-15H3,(H,48,49);4H,2-3H2,1H3/b35-26+,36-27-,39-25+;. The lowest BCUT2D eigenvalue weighted by Crippen LogP contribution is -2.49. The van der Waals surface area contributed by atoms with Crippen LogP contribution < -0.4 is 5.32 Å². The molecule has 0 bridgehead atoms. The van der Waals surface area contributed by atoms with Gasteiger partial charge in [0.15, 0.2) is 16.6 Å². The van der Waals surface area contributed by atoms with Crippen LogP contribution in [-0.2, 0) is 23.1 Å². The Kier molecular flexibility index (Phi) is 17.2. The molecule has 1 aromatic rings. The SMILES string of the molecule is C=C1/C(=C\C=C2/CCCC3(C)/C(=C/CCCC(C)(C)OCOC)C(OC(=O)Nc4ccccc4)CC23)CC(O[Si](C)(C)C(C)(C)C)CC1O[Si](C)(C)C(C)(C)C.CC1CC1. The molecule has 9 heteroatoms. The van der Waals surface area contributed by atoms with Crippen molar-refractivity contribution in [3.63, 3.8) is 0 Å². The minimum absolute atomic E-state index is 0.0625. The highest BCUT2D eigenvalue weighted by Gasteiger charge is 2.52. The molecule has 338 valence electrons. The zero-order valence-corrected chi connectivity index (χ0v) is 42.6. The maximum Gasteiger partial charge on any atom is 0.412 e. The molecule has 0 aromatic heterocycles. The summed E-state index contributed by atoms with van der Waals surface area (Å²) in [5, 5.41) is 3.18. The fraction of sp³-hybridized carbons (Fsp3) is 0.706. The van der Waals surface area contributed by atoms with E-state index in [9.17, 15) is 4.79 Å². The van der Waals surface area contributed by atoms with Gasteiger partial charge in [0.25, 0.3) is 0 Å². The number of unbranched alkanes of at least 4 members (excludes halogenated alkanes) is 1. The molecule has 4 aliphatic carbocycles. The summed E-state index contributed by atoms with van der Waals surface area (Å²) in [6, 6.07) is 9.55. The van der Waals surface area contributed by atoms with Crippen LogP contribution in [0.15, 0.2) is 77.4 Å². The maximum atomic E-state index is 13.4. The van der Waals surface area contributed by atoms with Crippen molar-refractivity contribution in [1.82, 2.24) is 0 Å². The van der Waals surface area contributed by atoms with Crippen LogP contribution >= 0.6 is 0 Å². The third kappa shape index (κ3) is 13.9. The Morgan fingerprint density at radius 1 is 0.917 bits per heavy atom. The monoisotopic (exact) mass is 864 g/mol. The first kappa shape index (κ1) is 50.4. The van der Waals surface area contributed by atoms with E-state index in [1.54, 1.807) is 7.11 Å². The van der Waals surface area contributed by atoms with E-state index in [4.69, 9.17) is 29.6 Å². The number of fused-ring (bicyclic) bond motifs is 1. The Morgan fingerprint density at radius 3 is 2.12 bits per heavy atom. The molecule has 5 unspecified atom stereocenters. The number of hydrogen-bond donors (Lipinski definition) is 1. The number of amides is 1. The van der Waals surface area contributed by atoms with Gasteiger partial charge < -0.3 is 23.1 Å². The van der Waals surface area contributed by atoms with Crippen molar-refractivity contribution < 1.29 is 27.9 Å². The lowest BCUT2D eigenvalue weighted by Gasteiger charge is -2.45. The van der Waals surface area contributed by atoms with E-state index < -0.39 is 22.7 Å². The van der Waals surface area contributed by atoms with E-state index in [1.807, 2.05) is 30.3 Å². The highest BCUT2D eigenvalue weighted by Crippen LogP contribution is 2.58. The second kappa shape index (κ2) is 20.5. The van der Waals surface area contributed by atoms with Crippen molar-refractivity contribution in [2.75, 3.05) is 19.2 Å². The number of ether oxygens (including phenoxy) is 3. The highest BCUT2D eigenvalue weighted by molar-refractivity contribution is 6.74. The summed E-state index contributed by atoms with van der Waals surface area (Å²) in [5.41, 5.74) is 5.38. The van der Waals surface area contributed by atoms with Crippen LogP contribution in [0.1, 0.15) is 140 Å².